The van der Waals surface area contributed by atoms with E-state index in [0.717, 1.165) is 0 Å². The lowest BCUT2D eigenvalue weighted by atomic mass is 9.97. The van der Waals surface area contributed by atoms with Crippen LogP contribution in [0.3, 0.4) is 0 Å². The number of hydrogen-bond acceptors (Lipinski definition) is 2. The first-order valence-corrected chi connectivity index (χ1v) is 7.04. The van der Waals surface area contributed by atoms with Gasteiger partial charge in [-0.15, -0.1) is 0 Å². The molecular formula is C14H16ClFN2O3. The first-order valence-electron chi connectivity index (χ1n) is 6.67. The summed E-state index contributed by atoms with van der Waals surface area (Å²) in [7, 11) is 0. The van der Waals surface area contributed by atoms with Gasteiger partial charge in [0.1, 0.15) is 5.82 Å². The van der Waals surface area contributed by atoms with Gasteiger partial charge < -0.3 is 15.3 Å². The molecule has 1 aliphatic heterocycles. The smallest absolute Gasteiger partial charge is 0.317 e. The molecule has 1 aromatic carbocycles. The minimum atomic E-state index is -0.821. The van der Waals surface area contributed by atoms with E-state index in [1.54, 1.807) is 11.0 Å². The van der Waals surface area contributed by atoms with Crippen molar-refractivity contribution in [3.05, 3.63) is 34.6 Å². The molecule has 1 heterocycles. The number of piperidine rings is 1. The topological polar surface area (TPSA) is 69.6 Å². The molecule has 5 nitrogen and oxygen atoms in total. The molecule has 1 saturated heterocycles. The molecule has 2 amide bonds. The Labute approximate surface area is 126 Å². The zero-order chi connectivity index (χ0) is 15.4. The maximum atomic E-state index is 13.6. The number of carbonyl (C=O) groups is 2. The van der Waals surface area contributed by atoms with E-state index < -0.39 is 11.8 Å². The van der Waals surface area contributed by atoms with Gasteiger partial charge in [-0.05, 0) is 25.0 Å². The molecule has 1 fully saturated rings. The molecule has 0 aromatic heterocycles. The van der Waals surface area contributed by atoms with Gasteiger partial charge in [-0.25, -0.2) is 9.18 Å². The highest BCUT2D eigenvalue weighted by Gasteiger charge is 2.26. The maximum Gasteiger partial charge on any atom is 0.317 e. The van der Waals surface area contributed by atoms with E-state index in [1.165, 1.54) is 12.1 Å². The number of nitrogens with one attached hydrogen (secondary N) is 1. The van der Waals surface area contributed by atoms with E-state index >= 15 is 0 Å². The van der Waals surface area contributed by atoms with Crippen molar-refractivity contribution in [2.45, 2.75) is 19.4 Å². The van der Waals surface area contributed by atoms with Crippen LogP contribution in [0.15, 0.2) is 18.2 Å². The molecule has 0 bridgehead atoms. The lowest BCUT2D eigenvalue weighted by Gasteiger charge is -2.30. The van der Waals surface area contributed by atoms with Crippen LogP contribution in [0, 0.1) is 11.7 Å². The van der Waals surface area contributed by atoms with Crippen molar-refractivity contribution in [1.82, 2.24) is 10.2 Å². The molecule has 0 radical (unpaired) electrons. The van der Waals surface area contributed by atoms with Crippen LogP contribution < -0.4 is 5.32 Å². The predicted molar refractivity (Wildman–Crippen MR) is 75.6 cm³/mol. The Morgan fingerprint density at radius 3 is 2.62 bits per heavy atom. The standard InChI is InChI=1S/C14H16ClFN2O3/c15-11-2-1-10(12(16)7-11)8-17-14(21)18-5-3-9(4-6-18)13(19)20/h1-2,7,9H,3-6,8H2,(H,17,21)(H,19,20). The summed E-state index contributed by atoms with van der Waals surface area (Å²) in [6.07, 6.45) is 0.885. The van der Waals surface area contributed by atoms with Crippen molar-refractivity contribution in [2.75, 3.05) is 13.1 Å². The number of benzene rings is 1. The second kappa shape index (κ2) is 6.76. The monoisotopic (exact) mass is 314 g/mol. The maximum absolute atomic E-state index is 13.6. The van der Waals surface area contributed by atoms with Crippen molar-refractivity contribution in [3.8, 4) is 0 Å². The number of halogens is 2. The number of carboxylic acid groups (broad SMARTS) is 1. The number of likely N-dealkylation sites (tertiary alicyclic amines) is 1. The normalized spacial score (nSPS) is 15.8. The van der Waals surface area contributed by atoms with Crippen LogP contribution in [-0.2, 0) is 11.3 Å². The fourth-order valence-corrected chi connectivity index (χ4v) is 2.44. The summed E-state index contributed by atoms with van der Waals surface area (Å²) < 4.78 is 13.6. The molecule has 0 atom stereocenters. The van der Waals surface area contributed by atoms with Gasteiger partial charge in [0, 0.05) is 30.2 Å². The summed E-state index contributed by atoms with van der Waals surface area (Å²) in [6, 6.07) is 3.97. The van der Waals surface area contributed by atoms with Crippen molar-refractivity contribution < 1.29 is 19.1 Å². The van der Waals surface area contributed by atoms with Crippen molar-refractivity contribution in [3.63, 3.8) is 0 Å². The van der Waals surface area contributed by atoms with Gasteiger partial charge in [0.2, 0.25) is 0 Å². The van der Waals surface area contributed by atoms with E-state index in [4.69, 9.17) is 16.7 Å². The van der Waals surface area contributed by atoms with Crippen LogP contribution in [0.25, 0.3) is 0 Å². The Hall–Kier alpha value is -1.82. The number of carbonyl (C=O) groups excluding carboxylic acids is 1. The highest BCUT2D eigenvalue weighted by atomic mass is 35.5. The number of carboxylic acids is 1. The van der Waals surface area contributed by atoms with E-state index in [-0.39, 0.29) is 18.5 Å². The van der Waals surface area contributed by atoms with Gasteiger partial charge in [-0.2, -0.15) is 0 Å². The van der Waals surface area contributed by atoms with E-state index in [0.29, 0.717) is 36.5 Å². The number of nitrogens with zero attached hydrogens (tertiary/aromatic N) is 1. The Morgan fingerprint density at radius 2 is 2.05 bits per heavy atom. The Balaban J connectivity index is 1.84. The second-order valence-corrected chi connectivity index (χ2v) is 5.43. The van der Waals surface area contributed by atoms with Gasteiger partial charge in [0.25, 0.3) is 0 Å². The predicted octanol–water partition coefficient (Wildman–Crippen LogP) is 2.49. The first-order chi connectivity index (χ1) is 9.97. The lowest BCUT2D eigenvalue weighted by Crippen LogP contribution is -2.45. The lowest BCUT2D eigenvalue weighted by molar-refractivity contribution is -0.143. The second-order valence-electron chi connectivity index (χ2n) is 4.99. The minimum Gasteiger partial charge on any atom is -0.481 e. The molecule has 0 unspecified atom stereocenters. The quantitative estimate of drug-likeness (QED) is 0.900. The molecule has 114 valence electrons. The fourth-order valence-electron chi connectivity index (χ4n) is 2.28. The SMILES string of the molecule is O=C(O)C1CCN(C(=O)NCc2ccc(Cl)cc2F)CC1. The number of aliphatic carboxylic acids is 1. The number of amides is 2. The van der Waals surface area contributed by atoms with Crippen LogP contribution in [0.5, 0.6) is 0 Å². The number of urea groups is 1. The Morgan fingerprint density at radius 1 is 1.38 bits per heavy atom. The summed E-state index contributed by atoms with van der Waals surface area (Å²) in [6.45, 7) is 0.860. The fraction of sp³-hybridized carbons (Fsp3) is 0.429. The summed E-state index contributed by atoms with van der Waals surface area (Å²) in [4.78, 5) is 24.3. The van der Waals surface area contributed by atoms with Crippen molar-refractivity contribution in [1.29, 1.82) is 0 Å². The molecule has 7 heteroatoms. The minimum absolute atomic E-state index is 0.0701. The highest BCUT2D eigenvalue weighted by Crippen LogP contribution is 2.18. The van der Waals surface area contributed by atoms with E-state index in [9.17, 15) is 14.0 Å². The van der Waals surface area contributed by atoms with Gasteiger partial charge in [-0.1, -0.05) is 17.7 Å². The first kappa shape index (κ1) is 15.6. The van der Waals surface area contributed by atoms with E-state index in [1.807, 2.05) is 0 Å². The molecule has 0 aliphatic carbocycles. The van der Waals surface area contributed by atoms with Crippen LogP contribution in [0.4, 0.5) is 9.18 Å². The zero-order valence-corrected chi connectivity index (χ0v) is 12.1. The van der Waals surface area contributed by atoms with Crippen LogP contribution in [0.1, 0.15) is 18.4 Å². The molecule has 1 aliphatic rings. The van der Waals surface area contributed by atoms with Gasteiger partial charge in [0.05, 0.1) is 5.92 Å². The molecule has 0 saturated carbocycles. The summed E-state index contributed by atoms with van der Waals surface area (Å²) in [5.41, 5.74) is 0.355. The van der Waals surface area contributed by atoms with Gasteiger partial charge in [0.15, 0.2) is 0 Å². The van der Waals surface area contributed by atoms with Crippen LogP contribution in [-0.4, -0.2) is 35.1 Å². The molecule has 2 rings (SSSR count). The molecule has 2 N–H and O–H groups in total. The third-order valence-corrected chi connectivity index (χ3v) is 3.81. The zero-order valence-electron chi connectivity index (χ0n) is 11.3. The average Bonchev–Trinajstić information content (AvgIpc) is 2.46. The van der Waals surface area contributed by atoms with Crippen LogP contribution >= 0.6 is 11.6 Å². The third kappa shape index (κ3) is 4.07. The molecule has 0 spiro atoms. The Bertz CT molecular complexity index is 545. The van der Waals surface area contributed by atoms with E-state index in [2.05, 4.69) is 5.32 Å². The highest BCUT2D eigenvalue weighted by molar-refractivity contribution is 6.30. The van der Waals surface area contributed by atoms with Crippen molar-refractivity contribution >= 4 is 23.6 Å². The largest absolute Gasteiger partial charge is 0.481 e. The third-order valence-electron chi connectivity index (χ3n) is 3.58. The molecule has 1 aromatic rings. The molecular weight excluding hydrogens is 299 g/mol. The Kier molecular flexibility index (Phi) is 5.01. The summed E-state index contributed by atoms with van der Waals surface area (Å²) in [5.74, 6) is -1.67. The van der Waals surface area contributed by atoms with Crippen LogP contribution in [0.2, 0.25) is 5.02 Å². The van der Waals surface area contributed by atoms with Gasteiger partial charge >= 0.3 is 12.0 Å². The number of hydrogen-bond donors (Lipinski definition) is 2. The van der Waals surface area contributed by atoms with Gasteiger partial charge in [-0.3, -0.25) is 4.79 Å². The summed E-state index contributed by atoms with van der Waals surface area (Å²) >= 11 is 5.66. The van der Waals surface area contributed by atoms with Crippen molar-refractivity contribution in [2.24, 2.45) is 5.92 Å². The average molecular weight is 315 g/mol. The molecule has 21 heavy (non-hydrogen) atoms. The summed E-state index contributed by atoms with van der Waals surface area (Å²) in [5, 5.41) is 11.8. The number of rotatable bonds is 3.